The molecule has 2 aliphatic rings. The highest BCUT2D eigenvalue weighted by Gasteiger charge is 2.22. The smallest absolute Gasteiger partial charge is 0.324 e. The topological polar surface area (TPSA) is 138 Å². The Balaban J connectivity index is 0.000000529. The summed E-state index contributed by atoms with van der Waals surface area (Å²) in [5, 5.41) is 15.6. The van der Waals surface area contributed by atoms with Gasteiger partial charge in [-0.25, -0.2) is 9.48 Å². The molecule has 60 heavy (non-hydrogen) atoms. The quantitative estimate of drug-likeness (QED) is 0.124. The van der Waals surface area contributed by atoms with E-state index >= 15 is 0 Å². The molecule has 5 aromatic rings. The molecule has 14 heteroatoms. The number of aromatic nitrogens is 3. The summed E-state index contributed by atoms with van der Waals surface area (Å²) in [6.07, 6.45) is 1.83. The average molecular weight is 820 g/mol. The van der Waals surface area contributed by atoms with Crippen molar-refractivity contribution in [3.63, 3.8) is 0 Å². The number of likely N-dealkylation sites (N-methyl/N-ethyl adjacent to an activating group) is 2. The second-order valence-electron chi connectivity index (χ2n) is 16.2. The number of carbonyl (C=O) groups is 2. The van der Waals surface area contributed by atoms with Crippen LogP contribution in [-0.4, -0.2) is 134 Å². The number of hydrogen-bond acceptors (Lipinski definition) is 10. The summed E-state index contributed by atoms with van der Waals surface area (Å²) in [4.78, 5) is 37.3. The highest BCUT2D eigenvalue weighted by molar-refractivity contribution is 6.07. The Kier molecular flexibility index (Phi) is 15.6. The summed E-state index contributed by atoms with van der Waals surface area (Å²) >= 11 is 0. The van der Waals surface area contributed by atoms with Crippen molar-refractivity contribution >= 4 is 34.2 Å². The lowest BCUT2D eigenvalue weighted by Gasteiger charge is -2.28. The third kappa shape index (κ3) is 12.6. The van der Waals surface area contributed by atoms with Crippen LogP contribution in [0.4, 0.5) is 16.3 Å². The lowest BCUT2D eigenvalue weighted by Crippen LogP contribution is -2.42. The van der Waals surface area contributed by atoms with Gasteiger partial charge in [0.15, 0.2) is 0 Å². The molecule has 320 valence electrons. The first kappa shape index (κ1) is 44.2. The third-order valence-corrected chi connectivity index (χ3v) is 10.5. The van der Waals surface area contributed by atoms with Crippen LogP contribution in [0.15, 0.2) is 85.1 Å². The number of rotatable bonds is 13. The number of benzene rings is 3. The second-order valence-corrected chi connectivity index (χ2v) is 16.2. The number of fused-ring (bicyclic) bond motifs is 1. The van der Waals surface area contributed by atoms with Crippen LogP contribution in [0.25, 0.3) is 16.5 Å². The predicted molar refractivity (Wildman–Crippen MR) is 238 cm³/mol. The minimum atomic E-state index is -0.393. The first-order valence-electron chi connectivity index (χ1n) is 20.9. The number of aryl methyl sites for hydroxylation is 1. The molecule has 0 atom stereocenters. The molecule has 7 rings (SSSR count). The van der Waals surface area contributed by atoms with Gasteiger partial charge in [0.2, 0.25) is 5.91 Å². The molecule has 0 radical (unpaired) electrons. The minimum absolute atomic E-state index is 0.00129. The minimum Gasteiger partial charge on any atom is -0.457 e. The Morgan fingerprint density at radius 2 is 1.50 bits per heavy atom. The zero-order valence-corrected chi connectivity index (χ0v) is 36.0. The molecule has 0 bridgehead atoms. The van der Waals surface area contributed by atoms with E-state index in [0.29, 0.717) is 35.2 Å². The van der Waals surface area contributed by atoms with Gasteiger partial charge in [-0.15, -0.1) is 0 Å². The number of hydrogen-bond donors (Lipinski definition) is 3. The maximum atomic E-state index is 13.5. The molecule has 0 unspecified atom stereocenters. The number of carbonyl (C=O) groups excluding carboxylic acids is 2. The Labute approximate surface area is 354 Å². The fraction of sp³-hybridized carbons (Fsp3) is 0.435. The Morgan fingerprint density at radius 1 is 0.833 bits per heavy atom. The van der Waals surface area contributed by atoms with Crippen LogP contribution >= 0.6 is 0 Å². The third-order valence-electron chi connectivity index (χ3n) is 10.5. The standard InChI is InChI=1S/C39H45N7O4.C7H16N2O/c1-27-10-12-29(13-11-27)46-36(26-35(43-46)39(2,3)4)42-38(48)41-33-14-15-34(32-9-7-6-8-31(32)33)50-30-16-17-40-28(24-30)25-37(47)44(5)18-19-45-20-22-49-23-21-45;1-8-2-3-9-4-6-10-7-5-9/h6-17,24,26H,18-23,25H2,1-5H3,(H2,41,42,48);8H,2-7H2,1H3. The van der Waals surface area contributed by atoms with Crippen LogP contribution in [-0.2, 0) is 26.1 Å². The first-order chi connectivity index (χ1) is 29.0. The maximum absolute atomic E-state index is 13.5. The van der Waals surface area contributed by atoms with Gasteiger partial charge in [-0.3, -0.25) is 24.9 Å². The molecule has 4 heterocycles. The number of anilines is 2. The van der Waals surface area contributed by atoms with Gasteiger partial charge in [-0.1, -0.05) is 62.7 Å². The lowest BCUT2D eigenvalue weighted by molar-refractivity contribution is -0.129. The van der Waals surface area contributed by atoms with Gasteiger partial charge < -0.3 is 29.7 Å². The van der Waals surface area contributed by atoms with Crippen LogP contribution in [0.2, 0.25) is 0 Å². The number of ether oxygens (including phenoxy) is 3. The summed E-state index contributed by atoms with van der Waals surface area (Å²) in [6.45, 7) is 19.3. The zero-order chi connectivity index (χ0) is 42.5. The number of amides is 3. The lowest BCUT2D eigenvalue weighted by atomic mass is 9.92. The van der Waals surface area contributed by atoms with E-state index in [1.165, 1.54) is 0 Å². The van der Waals surface area contributed by atoms with Gasteiger partial charge in [-0.2, -0.15) is 5.10 Å². The van der Waals surface area contributed by atoms with Gasteiger partial charge in [0.05, 0.1) is 55.6 Å². The Hall–Kier alpha value is -5.38. The summed E-state index contributed by atoms with van der Waals surface area (Å²) in [7, 11) is 3.81. The van der Waals surface area contributed by atoms with Crippen LogP contribution in [0.3, 0.4) is 0 Å². The van der Waals surface area contributed by atoms with Gasteiger partial charge in [0.1, 0.15) is 17.3 Å². The molecular weight excluding hydrogens is 759 g/mol. The number of pyridine rings is 1. The molecule has 3 aromatic carbocycles. The normalized spacial score (nSPS) is 14.9. The van der Waals surface area contributed by atoms with E-state index < -0.39 is 6.03 Å². The van der Waals surface area contributed by atoms with E-state index in [2.05, 4.69) is 51.5 Å². The summed E-state index contributed by atoms with van der Waals surface area (Å²) in [6, 6.07) is 24.5. The van der Waals surface area contributed by atoms with E-state index in [4.69, 9.17) is 19.3 Å². The average Bonchev–Trinajstić information content (AvgIpc) is 3.68. The molecule has 3 amide bonds. The first-order valence-corrected chi connectivity index (χ1v) is 20.9. The SMILES string of the molecule is CNCCN1CCOCC1.Cc1ccc(-n2nc(C(C)(C)C)cc2NC(=O)Nc2ccc(Oc3ccnc(CC(=O)N(C)CCN4CCOCC4)c3)c3ccccc23)cc1. The Morgan fingerprint density at radius 3 is 2.17 bits per heavy atom. The molecule has 14 nitrogen and oxygen atoms in total. The van der Waals surface area contributed by atoms with Gasteiger partial charge in [0, 0.05) is 93.9 Å². The number of urea groups is 1. The zero-order valence-electron chi connectivity index (χ0n) is 36.0. The van der Waals surface area contributed by atoms with E-state index in [-0.39, 0.29) is 17.7 Å². The van der Waals surface area contributed by atoms with Crippen molar-refractivity contribution in [1.82, 2.24) is 34.8 Å². The number of nitrogens with one attached hydrogen (secondary N) is 3. The van der Waals surface area contributed by atoms with Crippen LogP contribution in [0.1, 0.15) is 37.7 Å². The highest BCUT2D eigenvalue weighted by atomic mass is 16.5. The van der Waals surface area contributed by atoms with Crippen molar-refractivity contribution in [2.45, 2.75) is 39.5 Å². The Bertz CT molecular complexity index is 2160. The molecule has 0 spiro atoms. The summed E-state index contributed by atoms with van der Waals surface area (Å²) < 4.78 is 18.7. The fourth-order valence-corrected chi connectivity index (χ4v) is 6.83. The van der Waals surface area contributed by atoms with E-state index in [9.17, 15) is 9.59 Å². The molecule has 2 aromatic heterocycles. The molecule has 2 fully saturated rings. The fourth-order valence-electron chi connectivity index (χ4n) is 6.83. The molecule has 2 aliphatic heterocycles. The van der Waals surface area contributed by atoms with Crippen LogP contribution in [0, 0.1) is 6.92 Å². The predicted octanol–water partition coefficient (Wildman–Crippen LogP) is 6.33. The van der Waals surface area contributed by atoms with E-state index in [1.54, 1.807) is 27.9 Å². The highest BCUT2D eigenvalue weighted by Crippen LogP contribution is 2.35. The molecular formula is C46H61N9O5. The van der Waals surface area contributed by atoms with Crippen LogP contribution in [0.5, 0.6) is 11.5 Å². The number of morpholine rings is 2. The summed E-state index contributed by atoms with van der Waals surface area (Å²) in [5.41, 5.74) is 3.90. The van der Waals surface area contributed by atoms with Gasteiger partial charge in [0.25, 0.3) is 0 Å². The van der Waals surface area contributed by atoms with Crippen molar-refractivity contribution in [1.29, 1.82) is 0 Å². The molecule has 3 N–H and O–H groups in total. The van der Waals surface area contributed by atoms with Crippen LogP contribution < -0.4 is 20.7 Å². The largest absolute Gasteiger partial charge is 0.457 e. The van der Waals surface area contributed by atoms with Crippen molar-refractivity contribution in [2.24, 2.45) is 0 Å². The van der Waals surface area contributed by atoms with E-state index in [1.807, 2.05) is 87.7 Å². The molecule has 0 saturated carbocycles. The molecule has 0 aliphatic carbocycles. The van der Waals surface area contributed by atoms with Gasteiger partial charge >= 0.3 is 6.03 Å². The maximum Gasteiger partial charge on any atom is 0.324 e. The number of nitrogens with zero attached hydrogens (tertiary/aromatic N) is 6. The monoisotopic (exact) mass is 819 g/mol. The van der Waals surface area contributed by atoms with Gasteiger partial charge in [-0.05, 0) is 44.3 Å². The second kappa shape index (κ2) is 21.2. The van der Waals surface area contributed by atoms with Crippen molar-refractivity contribution in [2.75, 3.05) is 104 Å². The summed E-state index contributed by atoms with van der Waals surface area (Å²) in [5.74, 6) is 1.75. The van der Waals surface area contributed by atoms with Crippen molar-refractivity contribution in [3.8, 4) is 17.2 Å². The van der Waals surface area contributed by atoms with Crippen molar-refractivity contribution < 1.29 is 23.8 Å². The molecule has 2 saturated heterocycles. The van der Waals surface area contributed by atoms with Crippen molar-refractivity contribution in [3.05, 3.63) is 102 Å². The van der Waals surface area contributed by atoms with E-state index in [0.717, 1.165) is 100.0 Å².